The molecule has 0 unspecified atom stereocenters. The minimum absolute atomic E-state index is 0.0972. The van der Waals surface area contributed by atoms with Crippen molar-refractivity contribution < 1.29 is 5.11 Å². The van der Waals surface area contributed by atoms with Crippen LogP contribution in [0.15, 0.2) is 17.9 Å². The van der Waals surface area contributed by atoms with Crippen LogP contribution < -0.4 is 0 Å². The predicted molar refractivity (Wildman–Crippen MR) is 30.0 cm³/mol. The Kier molecular flexibility index (Phi) is 3.39. The number of aliphatic hydroxyl groups is 1. The number of rotatable bonds is 2. The van der Waals surface area contributed by atoms with E-state index in [0.717, 1.165) is 12.0 Å². The van der Waals surface area contributed by atoms with E-state index >= 15 is 0 Å². The second kappa shape index (κ2) is 3.66. The standard InChI is InChI=1S/C6H10O/c1-3-6(4-2)5-7/h7H,1,4-5H2,2H3. The summed E-state index contributed by atoms with van der Waals surface area (Å²) < 4.78 is 0. The van der Waals surface area contributed by atoms with Crippen molar-refractivity contribution in [2.75, 3.05) is 6.61 Å². The van der Waals surface area contributed by atoms with Crippen molar-refractivity contribution >= 4 is 0 Å². The third-order valence-corrected chi connectivity index (χ3v) is 0.868. The van der Waals surface area contributed by atoms with Gasteiger partial charge in [-0.25, -0.2) is 0 Å². The van der Waals surface area contributed by atoms with Crippen LogP contribution in [0.3, 0.4) is 0 Å². The minimum Gasteiger partial charge on any atom is -0.391 e. The van der Waals surface area contributed by atoms with Crippen LogP contribution >= 0.6 is 0 Å². The molecule has 0 aliphatic carbocycles. The molecule has 0 bridgehead atoms. The molecule has 0 atom stereocenters. The third kappa shape index (κ3) is 2.21. The van der Waals surface area contributed by atoms with E-state index in [0.29, 0.717) is 0 Å². The zero-order chi connectivity index (χ0) is 5.70. The van der Waals surface area contributed by atoms with E-state index < -0.39 is 0 Å². The van der Waals surface area contributed by atoms with Gasteiger partial charge in [0.25, 0.3) is 0 Å². The maximum atomic E-state index is 8.39. The largest absolute Gasteiger partial charge is 0.391 e. The van der Waals surface area contributed by atoms with Crippen LogP contribution in [0.25, 0.3) is 0 Å². The molecular formula is C6H10O. The molecule has 0 aliphatic rings. The highest BCUT2D eigenvalue weighted by atomic mass is 16.3. The first kappa shape index (κ1) is 6.48. The van der Waals surface area contributed by atoms with E-state index in [4.69, 9.17) is 5.11 Å². The topological polar surface area (TPSA) is 20.2 Å². The Morgan fingerprint density at radius 3 is 2.43 bits per heavy atom. The van der Waals surface area contributed by atoms with E-state index in [1.807, 2.05) is 6.92 Å². The minimum atomic E-state index is 0.0972. The van der Waals surface area contributed by atoms with E-state index in [2.05, 4.69) is 12.3 Å². The van der Waals surface area contributed by atoms with Crippen LogP contribution in [0.2, 0.25) is 0 Å². The molecule has 0 rings (SSSR count). The zero-order valence-electron chi connectivity index (χ0n) is 4.57. The molecule has 0 aromatic rings. The monoisotopic (exact) mass is 98.1 g/mol. The van der Waals surface area contributed by atoms with Gasteiger partial charge in [-0.3, -0.25) is 0 Å². The molecule has 0 spiro atoms. The fourth-order valence-electron chi connectivity index (χ4n) is 0.293. The van der Waals surface area contributed by atoms with E-state index in [1.165, 1.54) is 0 Å². The van der Waals surface area contributed by atoms with Gasteiger partial charge in [-0.2, -0.15) is 0 Å². The number of aliphatic hydroxyl groups excluding tert-OH is 1. The summed E-state index contributed by atoms with van der Waals surface area (Å²) in [5.41, 5.74) is 3.49. The summed E-state index contributed by atoms with van der Waals surface area (Å²) in [6, 6.07) is 0. The van der Waals surface area contributed by atoms with Gasteiger partial charge in [-0.1, -0.05) is 13.5 Å². The molecule has 40 valence electrons. The molecule has 0 aromatic heterocycles. The van der Waals surface area contributed by atoms with Crippen molar-refractivity contribution in [3.05, 3.63) is 17.9 Å². The Balaban J connectivity index is 3.61. The maximum absolute atomic E-state index is 8.39. The summed E-state index contributed by atoms with van der Waals surface area (Å²) in [5.74, 6) is 0. The fraction of sp³-hybridized carbons (Fsp3) is 0.500. The van der Waals surface area contributed by atoms with Crippen molar-refractivity contribution in [3.8, 4) is 0 Å². The van der Waals surface area contributed by atoms with Crippen LogP contribution in [0.4, 0.5) is 0 Å². The normalized spacial score (nSPS) is 7.71. The third-order valence-electron chi connectivity index (χ3n) is 0.868. The summed E-state index contributed by atoms with van der Waals surface area (Å²) in [7, 11) is 0. The zero-order valence-corrected chi connectivity index (χ0v) is 4.57. The van der Waals surface area contributed by atoms with Gasteiger partial charge in [0.2, 0.25) is 0 Å². The molecule has 7 heavy (non-hydrogen) atoms. The Morgan fingerprint density at radius 2 is 2.43 bits per heavy atom. The SMILES string of the molecule is C=C=C(CC)CO. The lowest BCUT2D eigenvalue weighted by Gasteiger charge is -1.88. The van der Waals surface area contributed by atoms with Gasteiger partial charge in [0.05, 0.1) is 6.61 Å². The first-order valence-electron chi connectivity index (χ1n) is 2.33. The van der Waals surface area contributed by atoms with Crippen molar-refractivity contribution in [3.63, 3.8) is 0 Å². The molecule has 0 heterocycles. The lowest BCUT2D eigenvalue weighted by atomic mass is 10.2. The number of hydrogen-bond donors (Lipinski definition) is 1. The van der Waals surface area contributed by atoms with Crippen molar-refractivity contribution in [1.29, 1.82) is 0 Å². The Morgan fingerprint density at radius 1 is 1.86 bits per heavy atom. The second-order valence-electron chi connectivity index (χ2n) is 1.29. The molecule has 0 saturated carbocycles. The molecule has 1 nitrogen and oxygen atoms in total. The Bertz CT molecular complexity index is 82.4. The summed E-state index contributed by atoms with van der Waals surface area (Å²) in [5, 5.41) is 8.39. The van der Waals surface area contributed by atoms with E-state index in [1.54, 1.807) is 0 Å². The van der Waals surface area contributed by atoms with Gasteiger partial charge in [0.15, 0.2) is 0 Å². The van der Waals surface area contributed by atoms with Gasteiger partial charge in [0, 0.05) is 0 Å². The molecule has 0 amide bonds. The first-order valence-corrected chi connectivity index (χ1v) is 2.33. The van der Waals surface area contributed by atoms with Gasteiger partial charge < -0.3 is 5.11 Å². The summed E-state index contributed by atoms with van der Waals surface area (Å²) >= 11 is 0. The highest BCUT2D eigenvalue weighted by molar-refractivity contribution is 4.96. The van der Waals surface area contributed by atoms with Gasteiger partial charge in [-0.05, 0) is 12.0 Å². The van der Waals surface area contributed by atoms with Gasteiger partial charge >= 0.3 is 0 Å². The summed E-state index contributed by atoms with van der Waals surface area (Å²) in [6.07, 6.45) is 0.847. The average Bonchev–Trinajstić information content (AvgIpc) is 1.72. The van der Waals surface area contributed by atoms with Crippen molar-refractivity contribution in [2.45, 2.75) is 13.3 Å². The van der Waals surface area contributed by atoms with Crippen LogP contribution in [0, 0.1) is 0 Å². The van der Waals surface area contributed by atoms with Gasteiger partial charge in [-0.15, -0.1) is 5.73 Å². The molecule has 0 fully saturated rings. The van der Waals surface area contributed by atoms with E-state index in [9.17, 15) is 0 Å². The smallest absolute Gasteiger partial charge is 0.0715 e. The van der Waals surface area contributed by atoms with Gasteiger partial charge in [0.1, 0.15) is 0 Å². The van der Waals surface area contributed by atoms with Crippen LogP contribution in [0.1, 0.15) is 13.3 Å². The first-order chi connectivity index (χ1) is 3.35. The average molecular weight is 98.1 g/mol. The molecule has 0 aliphatic heterocycles. The molecule has 1 N–H and O–H groups in total. The summed E-state index contributed by atoms with van der Waals surface area (Å²) in [6.45, 7) is 5.44. The Labute approximate surface area is 44.0 Å². The van der Waals surface area contributed by atoms with Crippen LogP contribution in [0.5, 0.6) is 0 Å². The lowest BCUT2D eigenvalue weighted by Crippen LogP contribution is -1.83. The predicted octanol–water partition coefficient (Wildman–Crippen LogP) is 1.10. The highest BCUT2D eigenvalue weighted by Gasteiger charge is 1.83. The lowest BCUT2D eigenvalue weighted by molar-refractivity contribution is 0.328. The van der Waals surface area contributed by atoms with Crippen molar-refractivity contribution in [2.24, 2.45) is 0 Å². The quantitative estimate of drug-likeness (QED) is 0.513. The van der Waals surface area contributed by atoms with E-state index in [-0.39, 0.29) is 6.61 Å². The fourth-order valence-corrected chi connectivity index (χ4v) is 0.293. The maximum Gasteiger partial charge on any atom is 0.0715 e. The highest BCUT2D eigenvalue weighted by Crippen LogP contribution is 1.92. The van der Waals surface area contributed by atoms with Crippen molar-refractivity contribution in [1.82, 2.24) is 0 Å². The number of hydrogen-bond acceptors (Lipinski definition) is 1. The second-order valence-corrected chi connectivity index (χ2v) is 1.29. The molecular weight excluding hydrogens is 88.1 g/mol. The molecule has 0 aromatic carbocycles. The molecule has 0 saturated heterocycles. The van der Waals surface area contributed by atoms with Crippen LogP contribution in [-0.4, -0.2) is 11.7 Å². The van der Waals surface area contributed by atoms with Crippen LogP contribution in [-0.2, 0) is 0 Å². The Hall–Kier alpha value is -0.520. The molecule has 0 radical (unpaired) electrons. The molecule has 1 heteroatoms. The summed E-state index contributed by atoms with van der Waals surface area (Å²) in [4.78, 5) is 0.